The second kappa shape index (κ2) is 17.3. The number of hydrogen-bond acceptors (Lipinski definition) is 10. The molecule has 258 valence electrons. The molecule has 5 rings (SSSR count). The number of amides is 1. The monoisotopic (exact) mass is 705 g/mol. The Bertz CT molecular complexity index is 1760. The van der Waals surface area contributed by atoms with E-state index in [2.05, 4.69) is 24.0 Å². The van der Waals surface area contributed by atoms with E-state index in [-0.39, 0.29) is 22.3 Å². The van der Waals surface area contributed by atoms with Gasteiger partial charge in [-0.25, -0.2) is 4.39 Å². The quantitative estimate of drug-likeness (QED) is 0.0288. The molecule has 0 bridgehead atoms. The van der Waals surface area contributed by atoms with Gasteiger partial charge in [-0.1, -0.05) is 74.4 Å². The number of aromatic nitrogens is 2. The van der Waals surface area contributed by atoms with Gasteiger partial charge in [0.15, 0.2) is 15.8 Å². The maximum atomic E-state index is 13.8. The highest BCUT2D eigenvalue weighted by atomic mass is 32.2. The number of Topliss-reactive ketones (excluding diaryl/α,β-unsaturated/α-hetero) is 1. The molecule has 1 N–H and O–H groups in total. The third-order valence-electron chi connectivity index (χ3n) is 7.81. The number of ketones is 1. The molecule has 1 amide bonds. The Hall–Kier alpha value is -4.42. The summed E-state index contributed by atoms with van der Waals surface area (Å²) < 4.78 is 31.7. The Morgan fingerprint density at radius 2 is 1.61 bits per heavy atom. The van der Waals surface area contributed by atoms with Gasteiger partial charge in [0, 0.05) is 11.3 Å². The number of rotatable bonds is 17. The van der Waals surface area contributed by atoms with Gasteiger partial charge in [0.1, 0.15) is 17.3 Å². The highest BCUT2D eigenvalue weighted by molar-refractivity contribution is 8.00. The van der Waals surface area contributed by atoms with Crippen LogP contribution in [0, 0.1) is 5.82 Å². The normalized spacial score (nSPS) is 15.5. The number of ether oxygens (including phenoxy) is 3. The summed E-state index contributed by atoms with van der Waals surface area (Å²) in [6.45, 7) is 7.52. The number of unbranched alkanes of at least 4 members (excludes halogenated alkanes) is 3. The zero-order valence-corrected chi connectivity index (χ0v) is 29.4. The number of aliphatic hydroxyl groups is 1. The maximum Gasteiger partial charge on any atom is 0.301 e. The first kappa shape index (κ1) is 35.9. The summed E-state index contributed by atoms with van der Waals surface area (Å²) in [7, 11) is 0. The molecule has 49 heavy (non-hydrogen) atoms. The van der Waals surface area contributed by atoms with Crippen molar-refractivity contribution in [3.63, 3.8) is 0 Å². The molecule has 0 saturated carbocycles. The van der Waals surface area contributed by atoms with Gasteiger partial charge in [-0.15, -0.1) is 10.2 Å². The van der Waals surface area contributed by atoms with E-state index in [1.54, 1.807) is 54.6 Å². The molecule has 1 aliphatic heterocycles. The summed E-state index contributed by atoms with van der Waals surface area (Å²) in [5.74, 6) is -0.170. The highest BCUT2D eigenvalue weighted by Crippen LogP contribution is 2.46. The molecule has 1 saturated heterocycles. The Kier molecular flexibility index (Phi) is 12.7. The molecule has 3 aromatic carbocycles. The van der Waals surface area contributed by atoms with Gasteiger partial charge in [0.05, 0.1) is 31.4 Å². The Morgan fingerprint density at radius 1 is 0.878 bits per heavy atom. The molecular formula is C37H40FN3O6S2. The first-order valence-corrected chi connectivity index (χ1v) is 18.3. The molecule has 0 aliphatic carbocycles. The number of carbonyl (C=O) groups is 2. The van der Waals surface area contributed by atoms with E-state index < -0.39 is 17.7 Å². The van der Waals surface area contributed by atoms with Crippen LogP contribution in [0.15, 0.2) is 76.6 Å². The van der Waals surface area contributed by atoms with Crippen LogP contribution in [0.25, 0.3) is 5.76 Å². The van der Waals surface area contributed by atoms with Crippen LogP contribution in [0.3, 0.4) is 0 Å². The third-order valence-corrected chi connectivity index (χ3v) is 9.93. The summed E-state index contributed by atoms with van der Waals surface area (Å²) in [5, 5.41) is 20.4. The molecule has 1 aromatic heterocycles. The standard InChI is InChI=1S/C37H40FN3O6S2/c1-4-7-9-21-47-29-19-14-26(22-30(29)45-6-3)32-31(33(42)25-12-17-28(18-13-25)46-20-8-5-2)34(43)35(44)41(32)36-39-40-37(49-36)48-23-24-10-15-27(38)16-11-24/h10-19,22,32,42H,4-9,20-21,23H2,1-3H3. The van der Waals surface area contributed by atoms with Gasteiger partial charge >= 0.3 is 5.91 Å². The minimum absolute atomic E-state index is 0.0839. The van der Waals surface area contributed by atoms with Gasteiger partial charge in [-0.05, 0) is 79.4 Å². The molecule has 1 atom stereocenters. The Morgan fingerprint density at radius 3 is 2.33 bits per heavy atom. The second-order valence-electron chi connectivity index (χ2n) is 11.4. The van der Waals surface area contributed by atoms with Crippen molar-refractivity contribution >= 4 is 45.7 Å². The number of carbonyl (C=O) groups excluding carboxylic acids is 2. The van der Waals surface area contributed by atoms with Crippen molar-refractivity contribution in [1.82, 2.24) is 10.2 Å². The zero-order valence-electron chi connectivity index (χ0n) is 27.8. The van der Waals surface area contributed by atoms with Crippen LogP contribution in [0.4, 0.5) is 9.52 Å². The molecule has 1 unspecified atom stereocenters. The molecule has 0 spiro atoms. The molecule has 0 radical (unpaired) electrons. The molecule has 12 heteroatoms. The van der Waals surface area contributed by atoms with Crippen LogP contribution in [0.5, 0.6) is 17.2 Å². The van der Waals surface area contributed by atoms with Gasteiger partial charge in [-0.3, -0.25) is 14.5 Å². The van der Waals surface area contributed by atoms with E-state index in [9.17, 15) is 19.1 Å². The van der Waals surface area contributed by atoms with Crippen molar-refractivity contribution in [2.75, 3.05) is 24.7 Å². The van der Waals surface area contributed by atoms with Crippen molar-refractivity contribution in [2.45, 2.75) is 69.0 Å². The summed E-state index contributed by atoms with van der Waals surface area (Å²) >= 11 is 2.54. The number of hydrogen-bond donors (Lipinski definition) is 1. The maximum absolute atomic E-state index is 13.8. The topological polar surface area (TPSA) is 111 Å². The van der Waals surface area contributed by atoms with Crippen molar-refractivity contribution < 1.29 is 33.3 Å². The number of thioether (sulfide) groups is 1. The lowest BCUT2D eigenvalue weighted by Crippen LogP contribution is -2.29. The van der Waals surface area contributed by atoms with E-state index in [1.807, 2.05) is 6.92 Å². The fourth-order valence-electron chi connectivity index (χ4n) is 5.24. The van der Waals surface area contributed by atoms with Crippen molar-refractivity contribution in [3.05, 3.63) is 94.8 Å². The number of halogens is 1. The lowest BCUT2D eigenvalue weighted by molar-refractivity contribution is -0.132. The summed E-state index contributed by atoms with van der Waals surface area (Å²) in [6.07, 6.45) is 4.90. The lowest BCUT2D eigenvalue weighted by Gasteiger charge is -2.23. The first-order valence-electron chi connectivity index (χ1n) is 16.5. The number of anilines is 1. The number of aliphatic hydroxyl groups excluding tert-OH is 1. The highest BCUT2D eigenvalue weighted by Gasteiger charge is 2.48. The van der Waals surface area contributed by atoms with Crippen LogP contribution in [-0.4, -0.2) is 46.8 Å². The molecule has 9 nitrogen and oxygen atoms in total. The predicted octanol–water partition coefficient (Wildman–Crippen LogP) is 8.74. The second-order valence-corrected chi connectivity index (χ2v) is 13.5. The molecule has 1 aliphatic rings. The average Bonchev–Trinajstić information content (AvgIpc) is 3.68. The zero-order chi connectivity index (χ0) is 34.8. The van der Waals surface area contributed by atoms with Gasteiger partial charge in [-0.2, -0.15) is 0 Å². The van der Waals surface area contributed by atoms with Crippen LogP contribution >= 0.6 is 23.1 Å². The van der Waals surface area contributed by atoms with Crippen LogP contribution in [0.2, 0.25) is 0 Å². The van der Waals surface area contributed by atoms with E-state index in [1.165, 1.54) is 28.8 Å². The minimum atomic E-state index is -1.03. The molecule has 2 heterocycles. The summed E-state index contributed by atoms with van der Waals surface area (Å²) in [6, 6.07) is 17.2. The molecular weight excluding hydrogens is 666 g/mol. The molecule has 1 fully saturated rings. The van der Waals surface area contributed by atoms with E-state index in [0.29, 0.717) is 58.3 Å². The largest absolute Gasteiger partial charge is 0.507 e. The Balaban J connectivity index is 1.52. The van der Waals surface area contributed by atoms with Crippen LogP contribution < -0.4 is 19.1 Å². The molecule has 4 aromatic rings. The fraction of sp³-hybridized carbons (Fsp3) is 0.351. The minimum Gasteiger partial charge on any atom is -0.507 e. The summed E-state index contributed by atoms with van der Waals surface area (Å²) in [4.78, 5) is 28.9. The average molecular weight is 706 g/mol. The predicted molar refractivity (Wildman–Crippen MR) is 190 cm³/mol. The fourth-order valence-corrected chi connectivity index (χ4v) is 7.07. The van der Waals surface area contributed by atoms with Crippen molar-refractivity contribution in [1.29, 1.82) is 0 Å². The third kappa shape index (κ3) is 8.79. The SMILES string of the molecule is CCCCCOc1ccc(C2C(=C(O)c3ccc(OCCCC)cc3)C(=O)C(=O)N2c2nnc(SCc3ccc(F)cc3)s2)cc1OCC. The number of benzene rings is 3. The van der Waals surface area contributed by atoms with Gasteiger partial charge < -0.3 is 19.3 Å². The van der Waals surface area contributed by atoms with E-state index >= 15 is 0 Å². The van der Waals surface area contributed by atoms with Crippen LogP contribution in [-0.2, 0) is 15.3 Å². The van der Waals surface area contributed by atoms with Gasteiger partial charge in [0.25, 0.3) is 5.78 Å². The Labute approximate surface area is 294 Å². The first-order chi connectivity index (χ1) is 23.8. The van der Waals surface area contributed by atoms with Crippen LogP contribution in [0.1, 0.15) is 75.6 Å². The van der Waals surface area contributed by atoms with Crippen molar-refractivity contribution in [2.24, 2.45) is 0 Å². The number of nitrogens with zero attached hydrogens (tertiary/aromatic N) is 3. The smallest absolute Gasteiger partial charge is 0.301 e. The van der Waals surface area contributed by atoms with E-state index in [4.69, 9.17) is 14.2 Å². The summed E-state index contributed by atoms with van der Waals surface area (Å²) in [5.41, 5.74) is 1.70. The van der Waals surface area contributed by atoms with Crippen molar-refractivity contribution in [3.8, 4) is 17.2 Å². The van der Waals surface area contributed by atoms with E-state index in [0.717, 1.165) is 49.0 Å². The lowest BCUT2D eigenvalue weighted by atomic mass is 9.95. The van der Waals surface area contributed by atoms with Gasteiger partial charge in [0.2, 0.25) is 5.13 Å².